The van der Waals surface area contributed by atoms with Gasteiger partial charge in [0.25, 0.3) is 0 Å². The van der Waals surface area contributed by atoms with Crippen molar-refractivity contribution in [3.8, 4) is 10.6 Å². The Hall–Kier alpha value is -2.57. The molecule has 0 spiro atoms. The number of amides is 2. The molecule has 0 aromatic carbocycles. The number of anilines is 2. The number of aryl methyl sites for hydroxylation is 1. The second-order valence-electron chi connectivity index (χ2n) is 5.23. The minimum Gasteiger partial charge on any atom is -0.389 e. The Morgan fingerprint density at radius 2 is 2.04 bits per heavy atom. The van der Waals surface area contributed by atoms with Crippen LogP contribution in [0.3, 0.4) is 0 Å². The van der Waals surface area contributed by atoms with Gasteiger partial charge >= 0.3 is 12.2 Å². The predicted molar refractivity (Wildman–Crippen MR) is 95.8 cm³/mol. The Morgan fingerprint density at radius 1 is 1.26 bits per heavy atom. The number of nitrogens with one attached hydrogen (secondary N) is 2. The van der Waals surface area contributed by atoms with Crippen LogP contribution in [0.25, 0.3) is 10.6 Å². The van der Waals surface area contributed by atoms with Gasteiger partial charge in [-0.2, -0.15) is 13.2 Å². The van der Waals surface area contributed by atoms with Gasteiger partial charge < -0.3 is 10.4 Å². The molecule has 3 aromatic rings. The van der Waals surface area contributed by atoms with Crippen LogP contribution in [0.1, 0.15) is 16.4 Å². The first-order chi connectivity index (χ1) is 12.8. The molecule has 0 aliphatic heterocycles. The van der Waals surface area contributed by atoms with Gasteiger partial charge in [-0.3, -0.25) is 5.32 Å². The summed E-state index contributed by atoms with van der Waals surface area (Å²) in [5.41, 5.74) is 0.408. The minimum atomic E-state index is -4.54. The molecule has 3 rings (SSSR count). The fourth-order valence-corrected chi connectivity index (χ4v) is 3.74. The van der Waals surface area contributed by atoms with Gasteiger partial charge in [-0.15, -0.1) is 22.7 Å². The number of carbonyl (C=O) groups excluding carboxylic acids is 1. The molecule has 2 amide bonds. The van der Waals surface area contributed by atoms with Crippen molar-refractivity contribution in [1.29, 1.82) is 0 Å². The van der Waals surface area contributed by atoms with Crippen molar-refractivity contribution in [2.24, 2.45) is 0 Å². The number of rotatable bonds is 4. The number of aromatic nitrogens is 3. The van der Waals surface area contributed by atoms with Gasteiger partial charge in [0, 0.05) is 5.38 Å². The third-order valence-corrected chi connectivity index (χ3v) is 5.17. The van der Waals surface area contributed by atoms with Crippen molar-refractivity contribution >= 4 is 39.5 Å². The van der Waals surface area contributed by atoms with Gasteiger partial charge in [0.05, 0.1) is 34.8 Å². The number of carbonyl (C=O) groups is 1. The molecule has 0 unspecified atom stereocenters. The molecule has 0 aliphatic rings. The zero-order chi connectivity index (χ0) is 19.6. The van der Waals surface area contributed by atoms with E-state index < -0.39 is 17.9 Å². The first-order valence-corrected chi connectivity index (χ1v) is 9.10. The second-order valence-corrected chi connectivity index (χ2v) is 7.17. The van der Waals surface area contributed by atoms with Crippen LogP contribution in [0.15, 0.2) is 23.7 Å². The zero-order valence-electron chi connectivity index (χ0n) is 13.7. The summed E-state index contributed by atoms with van der Waals surface area (Å²) in [4.78, 5) is 24.5. The molecule has 0 atom stereocenters. The van der Waals surface area contributed by atoms with E-state index in [1.807, 2.05) is 0 Å². The Morgan fingerprint density at radius 3 is 2.63 bits per heavy atom. The maximum absolute atomic E-state index is 12.5. The highest BCUT2D eigenvalue weighted by molar-refractivity contribution is 7.17. The molecule has 0 radical (unpaired) electrons. The molecule has 3 aromatic heterocycles. The number of halogens is 3. The number of urea groups is 1. The van der Waals surface area contributed by atoms with Crippen molar-refractivity contribution in [2.45, 2.75) is 19.7 Å². The van der Waals surface area contributed by atoms with E-state index in [1.54, 1.807) is 12.3 Å². The van der Waals surface area contributed by atoms with E-state index in [4.69, 9.17) is 5.11 Å². The summed E-state index contributed by atoms with van der Waals surface area (Å²) in [5, 5.41) is 16.6. The average molecular weight is 415 g/mol. The molecule has 27 heavy (non-hydrogen) atoms. The minimum absolute atomic E-state index is 0.114. The van der Waals surface area contributed by atoms with E-state index in [0.29, 0.717) is 15.8 Å². The first kappa shape index (κ1) is 19.2. The Balaban J connectivity index is 1.65. The number of aliphatic hydroxyl groups is 1. The normalized spacial score (nSPS) is 11.4. The lowest BCUT2D eigenvalue weighted by Crippen LogP contribution is -2.19. The van der Waals surface area contributed by atoms with Gasteiger partial charge in [-0.25, -0.2) is 19.7 Å². The van der Waals surface area contributed by atoms with Crippen LogP contribution in [-0.2, 0) is 12.8 Å². The van der Waals surface area contributed by atoms with Gasteiger partial charge in [-0.1, -0.05) is 0 Å². The van der Waals surface area contributed by atoms with Crippen molar-refractivity contribution < 1.29 is 23.1 Å². The van der Waals surface area contributed by atoms with Crippen LogP contribution in [0.2, 0.25) is 0 Å². The Labute approximate surface area is 158 Å². The molecule has 7 nitrogen and oxygen atoms in total. The fraction of sp³-hybridized carbons (Fsp3) is 0.200. The summed E-state index contributed by atoms with van der Waals surface area (Å²) in [6, 6.07) is 1.23. The summed E-state index contributed by atoms with van der Waals surface area (Å²) in [7, 11) is 0. The average Bonchev–Trinajstić information content (AvgIpc) is 3.20. The van der Waals surface area contributed by atoms with Crippen molar-refractivity contribution in [3.63, 3.8) is 0 Å². The van der Waals surface area contributed by atoms with Gasteiger partial charge in [0.15, 0.2) is 5.13 Å². The van der Waals surface area contributed by atoms with Crippen LogP contribution in [0.4, 0.5) is 28.8 Å². The first-order valence-electron chi connectivity index (χ1n) is 7.40. The molecule has 0 fully saturated rings. The van der Waals surface area contributed by atoms with E-state index in [2.05, 4.69) is 25.6 Å². The number of hydrogen-bond acceptors (Lipinski definition) is 7. The molecule has 0 saturated carbocycles. The lowest BCUT2D eigenvalue weighted by Gasteiger charge is -2.07. The van der Waals surface area contributed by atoms with Crippen LogP contribution in [-0.4, -0.2) is 26.1 Å². The number of pyridine rings is 1. The third-order valence-electron chi connectivity index (χ3n) is 3.25. The number of hydrogen-bond donors (Lipinski definition) is 3. The summed E-state index contributed by atoms with van der Waals surface area (Å²) >= 11 is 2.49. The lowest BCUT2D eigenvalue weighted by atomic mass is 10.3. The standard InChI is InChI=1S/C15H12F3N5O2S2/c1-7-12(27-11(5-24)20-7)9-6-26-14(22-9)23-13(25)21-8-2-3-10(19-4-8)15(16,17)18/h2-4,6,24H,5H2,1H3,(H2,21,22,23,25). The monoisotopic (exact) mass is 415 g/mol. The summed E-state index contributed by atoms with van der Waals surface area (Å²) in [5.74, 6) is 0. The molecule has 142 valence electrons. The van der Waals surface area contributed by atoms with E-state index in [1.165, 1.54) is 22.7 Å². The van der Waals surface area contributed by atoms with Crippen LogP contribution >= 0.6 is 22.7 Å². The number of aliphatic hydroxyl groups excluding tert-OH is 1. The number of nitrogens with zero attached hydrogens (tertiary/aromatic N) is 3. The Bertz CT molecular complexity index is 953. The largest absolute Gasteiger partial charge is 0.433 e. The molecule has 0 aliphatic carbocycles. The Kier molecular flexibility index (Phi) is 5.39. The zero-order valence-corrected chi connectivity index (χ0v) is 15.3. The highest BCUT2D eigenvalue weighted by atomic mass is 32.1. The fourth-order valence-electron chi connectivity index (χ4n) is 2.09. The molecule has 0 saturated heterocycles. The second kappa shape index (κ2) is 7.58. The summed E-state index contributed by atoms with van der Waals surface area (Å²) in [6.45, 7) is 1.63. The summed E-state index contributed by atoms with van der Waals surface area (Å²) in [6.07, 6.45) is -3.62. The topological polar surface area (TPSA) is 100 Å². The van der Waals surface area contributed by atoms with Gasteiger partial charge in [0.1, 0.15) is 10.7 Å². The maximum Gasteiger partial charge on any atom is 0.433 e. The third kappa shape index (κ3) is 4.59. The van der Waals surface area contributed by atoms with E-state index >= 15 is 0 Å². The molecule has 3 heterocycles. The van der Waals surface area contributed by atoms with Crippen LogP contribution in [0.5, 0.6) is 0 Å². The maximum atomic E-state index is 12.5. The van der Waals surface area contributed by atoms with Gasteiger partial charge in [-0.05, 0) is 19.1 Å². The quantitative estimate of drug-likeness (QED) is 0.595. The molecule has 0 bridgehead atoms. The molecule has 3 N–H and O–H groups in total. The van der Waals surface area contributed by atoms with E-state index in [9.17, 15) is 18.0 Å². The van der Waals surface area contributed by atoms with Gasteiger partial charge in [0.2, 0.25) is 0 Å². The van der Waals surface area contributed by atoms with Crippen LogP contribution < -0.4 is 10.6 Å². The molecule has 12 heteroatoms. The number of thiazole rings is 2. The smallest absolute Gasteiger partial charge is 0.389 e. The van der Waals surface area contributed by atoms with Crippen molar-refractivity contribution in [1.82, 2.24) is 15.0 Å². The van der Waals surface area contributed by atoms with Crippen molar-refractivity contribution in [3.05, 3.63) is 40.1 Å². The van der Waals surface area contributed by atoms with E-state index in [0.717, 1.165) is 28.9 Å². The predicted octanol–water partition coefficient (Wildman–Crippen LogP) is 4.13. The summed E-state index contributed by atoms with van der Waals surface area (Å²) < 4.78 is 37.4. The van der Waals surface area contributed by atoms with Crippen molar-refractivity contribution in [2.75, 3.05) is 10.6 Å². The van der Waals surface area contributed by atoms with Crippen LogP contribution in [0, 0.1) is 6.92 Å². The highest BCUT2D eigenvalue weighted by Crippen LogP contribution is 2.32. The number of alkyl halides is 3. The molecular weight excluding hydrogens is 403 g/mol. The molecular formula is C15H12F3N5O2S2. The highest BCUT2D eigenvalue weighted by Gasteiger charge is 2.32. The van der Waals surface area contributed by atoms with E-state index in [-0.39, 0.29) is 12.3 Å². The SMILES string of the molecule is Cc1nc(CO)sc1-c1csc(NC(=O)Nc2ccc(C(F)(F)F)nc2)n1. The lowest BCUT2D eigenvalue weighted by molar-refractivity contribution is -0.141.